The van der Waals surface area contributed by atoms with Crippen LogP contribution in [0.3, 0.4) is 0 Å². The Labute approximate surface area is 162 Å². The second kappa shape index (κ2) is 6.57. The number of rotatable bonds is 3. The standard InChI is InChI=1S/C21H17N5O2/c1-27-17-8-7-12(9-18(17)28-2)19-13(10-22)20(24)26-16-6-4-3-5-15(16)25-21(26)14(19)11-23/h3-9,19,25H,24H2,1-2H3. The van der Waals surface area contributed by atoms with Gasteiger partial charge in [0.05, 0.1) is 54.8 Å². The van der Waals surface area contributed by atoms with Crippen molar-refractivity contribution in [2.45, 2.75) is 5.92 Å². The number of nitriles is 2. The highest BCUT2D eigenvalue weighted by atomic mass is 16.5. The van der Waals surface area contributed by atoms with Gasteiger partial charge in [0.2, 0.25) is 0 Å². The van der Waals surface area contributed by atoms with Gasteiger partial charge in [-0.05, 0) is 29.8 Å². The molecule has 0 fully saturated rings. The summed E-state index contributed by atoms with van der Waals surface area (Å²) in [6.45, 7) is 0. The van der Waals surface area contributed by atoms with Crippen molar-refractivity contribution < 1.29 is 9.47 Å². The summed E-state index contributed by atoms with van der Waals surface area (Å²) < 4.78 is 10.7. The van der Waals surface area contributed by atoms with Gasteiger partial charge in [0, 0.05) is 0 Å². The van der Waals surface area contributed by atoms with E-state index >= 15 is 0 Å². The first kappa shape index (κ1) is 17.3. The molecular formula is C21H17N5O2. The van der Waals surface area contributed by atoms with E-state index in [9.17, 15) is 10.5 Å². The second-order valence-corrected chi connectivity index (χ2v) is 6.31. The van der Waals surface area contributed by atoms with Gasteiger partial charge in [-0.25, -0.2) is 0 Å². The molecule has 7 nitrogen and oxygen atoms in total. The second-order valence-electron chi connectivity index (χ2n) is 6.31. The largest absolute Gasteiger partial charge is 0.493 e. The maximum atomic E-state index is 9.97. The Morgan fingerprint density at radius 2 is 1.71 bits per heavy atom. The van der Waals surface area contributed by atoms with Crippen molar-refractivity contribution >= 4 is 11.4 Å². The van der Waals surface area contributed by atoms with Crippen molar-refractivity contribution in [3.8, 4) is 23.6 Å². The molecule has 0 bridgehead atoms. The van der Waals surface area contributed by atoms with Gasteiger partial charge >= 0.3 is 0 Å². The molecule has 0 aliphatic carbocycles. The molecule has 0 saturated heterocycles. The maximum Gasteiger partial charge on any atom is 0.161 e. The molecule has 2 aromatic carbocycles. The van der Waals surface area contributed by atoms with Crippen molar-refractivity contribution in [1.82, 2.24) is 0 Å². The van der Waals surface area contributed by atoms with E-state index in [2.05, 4.69) is 17.5 Å². The SMILES string of the molecule is COc1ccc(C2C(C#N)=C(N)N3C(=C2C#N)Nc2ccccc23)cc1OC. The molecule has 1 unspecified atom stereocenters. The Morgan fingerprint density at radius 3 is 2.39 bits per heavy atom. The fraction of sp³-hybridized carbons (Fsp3) is 0.143. The van der Waals surface area contributed by atoms with Crippen LogP contribution in [0.5, 0.6) is 11.5 Å². The topological polar surface area (TPSA) is 107 Å². The monoisotopic (exact) mass is 371 g/mol. The normalized spacial score (nSPS) is 17.3. The van der Waals surface area contributed by atoms with E-state index in [1.165, 1.54) is 0 Å². The van der Waals surface area contributed by atoms with Gasteiger partial charge in [-0.3, -0.25) is 4.90 Å². The summed E-state index contributed by atoms with van der Waals surface area (Å²) in [6, 6.07) is 17.4. The van der Waals surface area contributed by atoms with Crippen LogP contribution in [-0.4, -0.2) is 14.2 Å². The van der Waals surface area contributed by atoms with Crippen LogP contribution in [0.15, 0.2) is 65.3 Å². The Kier molecular flexibility index (Phi) is 4.06. The number of nitrogens with two attached hydrogens (primary N) is 1. The molecule has 0 spiro atoms. The molecule has 138 valence electrons. The van der Waals surface area contributed by atoms with Crippen LogP contribution in [0.1, 0.15) is 11.5 Å². The van der Waals surface area contributed by atoms with E-state index in [0.29, 0.717) is 34.3 Å². The predicted molar refractivity (Wildman–Crippen MR) is 104 cm³/mol. The third-order valence-electron chi connectivity index (χ3n) is 4.95. The van der Waals surface area contributed by atoms with Gasteiger partial charge in [-0.2, -0.15) is 10.5 Å². The lowest BCUT2D eigenvalue weighted by atomic mass is 9.83. The van der Waals surface area contributed by atoms with Crippen LogP contribution in [0.25, 0.3) is 0 Å². The number of hydrogen-bond donors (Lipinski definition) is 2. The molecule has 2 aromatic rings. The smallest absolute Gasteiger partial charge is 0.161 e. The average Bonchev–Trinajstić information content (AvgIpc) is 3.12. The van der Waals surface area contributed by atoms with E-state index in [-0.39, 0.29) is 0 Å². The predicted octanol–water partition coefficient (Wildman–Crippen LogP) is 3.16. The van der Waals surface area contributed by atoms with Gasteiger partial charge in [-0.1, -0.05) is 18.2 Å². The summed E-state index contributed by atoms with van der Waals surface area (Å²) in [6.07, 6.45) is 0. The van der Waals surface area contributed by atoms with Crippen LogP contribution < -0.4 is 25.4 Å². The minimum Gasteiger partial charge on any atom is -0.493 e. The summed E-state index contributed by atoms with van der Waals surface area (Å²) in [7, 11) is 3.09. The van der Waals surface area contributed by atoms with Gasteiger partial charge < -0.3 is 20.5 Å². The van der Waals surface area contributed by atoms with Crippen molar-refractivity contribution in [1.29, 1.82) is 10.5 Å². The van der Waals surface area contributed by atoms with Crippen molar-refractivity contribution in [3.63, 3.8) is 0 Å². The Bertz CT molecular complexity index is 1120. The van der Waals surface area contributed by atoms with Crippen LogP contribution >= 0.6 is 0 Å². The zero-order valence-corrected chi connectivity index (χ0v) is 15.4. The Balaban J connectivity index is 1.94. The molecule has 2 aliphatic heterocycles. The first-order valence-electron chi connectivity index (χ1n) is 8.56. The summed E-state index contributed by atoms with van der Waals surface area (Å²) in [5, 5.41) is 23.1. The molecule has 1 atom stereocenters. The first-order chi connectivity index (χ1) is 13.6. The average molecular weight is 371 g/mol. The summed E-state index contributed by atoms with van der Waals surface area (Å²) >= 11 is 0. The van der Waals surface area contributed by atoms with E-state index in [0.717, 1.165) is 16.9 Å². The number of nitrogens with zero attached hydrogens (tertiary/aromatic N) is 3. The Hall–Kier alpha value is -4.10. The van der Waals surface area contributed by atoms with E-state index in [4.69, 9.17) is 15.2 Å². The number of nitrogens with one attached hydrogen (secondary N) is 1. The minimum absolute atomic E-state index is 0.300. The molecular weight excluding hydrogens is 354 g/mol. The summed E-state index contributed by atoms with van der Waals surface area (Å²) in [5.74, 6) is 1.34. The first-order valence-corrected chi connectivity index (χ1v) is 8.56. The molecule has 3 N–H and O–H groups in total. The number of allylic oxidation sites excluding steroid dienone is 2. The molecule has 0 radical (unpaired) electrons. The summed E-state index contributed by atoms with van der Waals surface area (Å²) in [5.41, 5.74) is 9.49. The zero-order chi connectivity index (χ0) is 19.8. The molecule has 0 saturated carbocycles. The van der Waals surface area contributed by atoms with E-state index in [1.54, 1.807) is 31.3 Å². The quantitative estimate of drug-likeness (QED) is 0.853. The van der Waals surface area contributed by atoms with Gasteiger partial charge in [0.25, 0.3) is 0 Å². The Morgan fingerprint density at radius 1 is 1.00 bits per heavy atom. The van der Waals surface area contributed by atoms with Crippen LogP contribution in [0.4, 0.5) is 11.4 Å². The molecule has 0 aromatic heterocycles. The van der Waals surface area contributed by atoms with Crippen molar-refractivity contribution in [2.24, 2.45) is 5.73 Å². The van der Waals surface area contributed by atoms with Gasteiger partial charge in [0.15, 0.2) is 11.5 Å². The van der Waals surface area contributed by atoms with Crippen LogP contribution in [-0.2, 0) is 0 Å². The molecule has 2 aliphatic rings. The molecule has 28 heavy (non-hydrogen) atoms. The molecule has 7 heteroatoms. The van der Waals surface area contributed by atoms with E-state index in [1.807, 2.05) is 30.3 Å². The van der Waals surface area contributed by atoms with E-state index < -0.39 is 5.92 Å². The lowest BCUT2D eigenvalue weighted by Gasteiger charge is -2.31. The highest BCUT2D eigenvalue weighted by Crippen LogP contribution is 2.48. The number of benzene rings is 2. The number of fused-ring (bicyclic) bond motifs is 3. The number of methoxy groups -OCH3 is 2. The lowest BCUT2D eigenvalue weighted by Crippen LogP contribution is -2.34. The minimum atomic E-state index is -0.608. The van der Waals surface area contributed by atoms with Crippen LogP contribution in [0, 0.1) is 22.7 Å². The van der Waals surface area contributed by atoms with Crippen molar-refractivity contribution in [3.05, 3.63) is 70.8 Å². The van der Waals surface area contributed by atoms with Crippen molar-refractivity contribution in [2.75, 3.05) is 24.4 Å². The molecule has 2 heterocycles. The lowest BCUT2D eigenvalue weighted by molar-refractivity contribution is 0.354. The van der Waals surface area contributed by atoms with Gasteiger partial charge in [0.1, 0.15) is 11.6 Å². The van der Waals surface area contributed by atoms with Crippen LogP contribution in [0.2, 0.25) is 0 Å². The maximum absolute atomic E-state index is 9.97. The molecule has 0 amide bonds. The third-order valence-corrected chi connectivity index (χ3v) is 4.95. The highest BCUT2D eigenvalue weighted by molar-refractivity contribution is 5.86. The fourth-order valence-corrected chi connectivity index (χ4v) is 3.67. The number of para-hydroxylation sites is 2. The molecule has 4 rings (SSSR count). The number of anilines is 2. The zero-order valence-electron chi connectivity index (χ0n) is 15.4. The number of ether oxygens (including phenoxy) is 2. The third kappa shape index (κ3) is 2.34. The highest BCUT2D eigenvalue weighted by Gasteiger charge is 2.40. The number of hydrogen-bond acceptors (Lipinski definition) is 7. The fourth-order valence-electron chi connectivity index (χ4n) is 3.67. The van der Waals surface area contributed by atoms with Gasteiger partial charge in [-0.15, -0.1) is 0 Å². The summed E-state index contributed by atoms with van der Waals surface area (Å²) in [4.78, 5) is 1.73.